The number of rotatable bonds is 6. The number of nitrogens with one attached hydrogen (secondary N) is 1. The van der Waals surface area contributed by atoms with E-state index in [1.54, 1.807) is 12.3 Å². The van der Waals surface area contributed by atoms with E-state index < -0.39 is 0 Å². The van der Waals surface area contributed by atoms with Crippen LogP contribution in [0.2, 0.25) is 0 Å². The maximum atomic E-state index is 5.54. The van der Waals surface area contributed by atoms with Gasteiger partial charge in [0.1, 0.15) is 12.4 Å². The highest BCUT2D eigenvalue weighted by Gasteiger charge is 2.20. The second-order valence-corrected chi connectivity index (χ2v) is 3.74. The van der Waals surface area contributed by atoms with Crippen LogP contribution in [-0.2, 0) is 6.54 Å². The van der Waals surface area contributed by atoms with E-state index in [-0.39, 0.29) is 0 Å². The smallest absolute Gasteiger partial charge is 0.127 e. The van der Waals surface area contributed by atoms with Gasteiger partial charge in [0.25, 0.3) is 0 Å². The van der Waals surface area contributed by atoms with Gasteiger partial charge in [0.2, 0.25) is 0 Å². The molecule has 1 aromatic rings. The van der Waals surface area contributed by atoms with Crippen LogP contribution in [0.5, 0.6) is 5.75 Å². The normalized spacial score (nSPS) is 14.9. The van der Waals surface area contributed by atoms with Crippen molar-refractivity contribution in [3.8, 4) is 5.75 Å². The molecule has 0 saturated heterocycles. The van der Waals surface area contributed by atoms with Crippen LogP contribution in [0.1, 0.15) is 18.4 Å². The Morgan fingerprint density at radius 3 is 3.20 bits per heavy atom. The van der Waals surface area contributed by atoms with Crippen LogP contribution in [0.3, 0.4) is 0 Å². The van der Waals surface area contributed by atoms with E-state index in [1.807, 2.05) is 12.3 Å². The molecule has 1 heterocycles. The third-order valence-corrected chi connectivity index (χ3v) is 2.37. The summed E-state index contributed by atoms with van der Waals surface area (Å²) in [7, 11) is 0. The lowest BCUT2D eigenvalue weighted by atomic mass is 10.2. The second kappa shape index (κ2) is 4.94. The molecule has 2 rings (SSSR count). The number of ether oxygens (including phenoxy) is 1. The quantitative estimate of drug-likeness (QED) is 0.719. The Morgan fingerprint density at radius 1 is 1.60 bits per heavy atom. The summed E-state index contributed by atoms with van der Waals surface area (Å²) in [5.74, 6) is 0.901. The SMILES string of the molecule is C=CCOc1ccncc1CNC1CC1. The summed E-state index contributed by atoms with van der Waals surface area (Å²) in [6.45, 7) is 5.01. The van der Waals surface area contributed by atoms with E-state index in [0.29, 0.717) is 12.6 Å². The van der Waals surface area contributed by atoms with Gasteiger partial charge >= 0.3 is 0 Å². The van der Waals surface area contributed by atoms with Gasteiger partial charge in [-0.3, -0.25) is 4.98 Å². The van der Waals surface area contributed by atoms with Crippen molar-refractivity contribution in [3.63, 3.8) is 0 Å². The van der Waals surface area contributed by atoms with Crippen molar-refractivity contribution >= 4 is 0 Å². The van der Waals surface area contributed by atoms with Gasteiger partial charge in [-0.1, -0.05) is 12.7 Å². The summed E-state index contributed by atoms with van der Waals surface area (Å²) in [6, 6.07) is 2.60. The summed E-state index contributed by atoms with van der Waals surface area (Å²) in [4.78, 5) is 4.11. The summed E-state index contributed by atoms with van der Waals surface area (Å²) < 4.78 is 5.54. The maximum absolute atomic E-state index is 5.54. The van der Waals surface area contributed by atoms with Crippen LogP contribution in [0.25, 0.3) is 0 Å². The molecule has 0 spiro atoms. The molecule has 0 bridgehead atoms. The van der Waals surface area contributed by atoms with E-state index in [9.17, 15) is 0 Å². The predicted octanol–water partition coefficient (Wildman–Crippen LogP) is 1.90. The highest BCUT2D eigenvalue weighted by molar-refractivity contribution is 5.30. The Kier molecular flexibility index (Phi) is 3.35. The van der Waals surface area contributed by atoms with E-state index in [0.717, 1.165) is 17.9 Å². The molecule has 0 amide bonds. The first-order valence-corrected chi connectivity index (χ1v) is 5.30. The van der Waals surface area contributed by atoms with Gasteiger partial charge < -0.3 is 10.1 Å². The summed E-state index contributed by atoms with van der Waals surface area (Å²) in [5.41, 5.74) is 1.12. The average Bonchev–Trinajstić information content (AvgIpc) is 3.08. The molecule has 1 fully saturated rings. The van der Waals surface area contributed by atoms with Gasteiger partial charge in [-0.05, 0) is 18.9 Å². The molecule has 0 aliphatic heterocycles. The molecule has 0 radical (unpaired) electrons. The van der Waals surface area contributed by atoms with Crippen LogP contribution in [-0.4, -0.2) is 17.6 Å². The Bertz CT molecular complexity index is 334. The molecule has 0 unspecified atom stereocenters. The largest absolute Gasteiger partial charge is 0.489 e. The van der Waals surface area contributed by atoms with Crippen molar-refractivity contribution in [2.24, 2.45) is 0 Å². The number of aromatic nitrogens is 1. The fourth-order valence-electron chi connectivity index (χ4n) is 1.38. The van der Waals surface area contributed by atoms with Crippen LogP contribution < -0.4 is 10.1 Å². The molecule has 1 aliphatic rings. The molecular weight excluding hydrogens is 188 g/mol. The van der Waals surface area contributed by atoms with Crippen molar-refractivity contribution in [3.05, 3.63) is 36.7 Å². The summed E-state index contributed by atoms with van der Waals surface area (Å²) in [6.07, 6.45) is 7.94. The molecule has 15 heavy (non-hydrogen) atoms. The van der Waals surface area contributed by atoms with Crippen LogP contribution in [0.4, 0.5) is 0 Å². The third-order valence-electron chi connectivity index (χ3n) is 2.37. The minimum atomic E-state index is 0.542. The highest BCUT2D eigenvalue weighted by Crippen LogP contribution is 2.21. The summed E-state index contributed by atoms with van der Waals surface area (Å²) >= 11 is 0. The fraction of sp³-hybridized carbons (Fsp3) is 0.417. The van der Waals surface area contributed by atoms with Gasteiger partial charge in [-0.25, -0.2) is 0 Å². The maximum Gasteiger partial charge on any atom is 0.127 e. The molecule has 80 valence electrons. The number of hydrogen-bond donors (Lipinski definition) is 1. The van der Waals surface area contributed by atoms with Crippen molar-refractivity contribution in [1.82, 2.24) is 10.3 Å². The minimum absolute atomic E-state index is 0.542. The number of pyridine rings is 1. The zero-order chi connectivity index (χ0) is 10.5. The van der Waals surface area contributed by atoms with Gasteiger partial charge in [0, 0.05) is 30.5 Å². The van der Waals surface area contributed by atoms with Gasteiger partial charge in [0.15, 0.2) is 0 Å². The molecule has 1 saturated carbocycles. The van der Waals surface area contributed by atoms with Crippen LogP contribution in [0.15, 0.2) is 31.1 Å². The van der Waals surface area contributed by atoms with Gasteiger partial charge in [0.05, 0.1) is 0 Å². The van der Waals surface area contributed by atoms with Crippen molar-refractivity contribution < 1.29 is 4.74 Å². The molecular formula is C12H16N2O. The first kappa shape index (κ1) is 10.2. The topological polar surface area (TPSA) is 34.1 Å². The molecule has 1 aliphatic carbocycles. The Labute approximate surface area is 90.2 Å². The average molecular weight is 204 g/mol. The third kappa shape index (κ3) is 3.06. The first-order valence-electron chi connectivity index (χ1n) is 5.30. The van der Waals surface area contributed by atoms with Crippen LogP contribution in [0, 0.1) is 0 Å². The highest BCUT2D eigenvalue weighted by atomic mass is 16.5. The number of hydrogen-bond acceptors (Lipinski definition) is 3. The Morgan fingerprint density at radius 2 is 2.47 bits per heavy atom. The zero-order valence-electron chi connectivity index (χ0n) is 8.78. The van der Waals surface area contributed by atoms with E-state index in [4.69, 9.17) is 4.74 Å². The fourth-order valence-corrected chi connectivity index (χ4v) is 1.38. The molecule has 1 aromatic heterocycles. The lowest BCUT2D eigenvalue weighted by molar-refractivity contribution is 0.357. The van der Waals surface area contributed by atoms with E-state index in [2.05, 4.69) is 16.9 Å². The Balaban J connectivity index is 1.95. The van der Waals surface area contributed by atoms with Crippen molar-refractivity contribution in [1.29, 1.82) is 0 Å². The molecule has 3 nitrogen and oxygen atoms in total. The van der Waals surface area contributed by atoms with Gasteiger partial charge in [-0.2, -0.15) is 0 Å². The molecule has 0 aromatic carbocycles. The second-order valence-electron chi connectivity index (χ2n) is 3.74. The Hall–Kier alpha value is -1.35. The lowest BCUT2D eigenvalue weighted by Crippen LogP contribution is -2.16. The monoisotopic (exact) mass is 204 g/mol. The minimum Gasteiger partial charge on any atom is -0.489 e. The summed E-state index contributed by atoms with van der Waals surface area (Å²) in [5, 5.41) is 3.44. The van der Waals surface area contributed by atoms with Crippen molar-refractivity contribution in [2.75, 3.05) is 6.61 Å². The van der Waals surface area contributed by atoms with Crippen molar-refractivity contribution in [2.45, 2.75) is 25.4 Å². The van der Waals surface area contributed by atoms with E-state index in [1.165, 1.54) is 12.8 Å². The first-order chi connectivity index (χ1) is 7.40. The van der Waals surface area contributed by atoms with E-state index >= 15 is 0 Å². The van der Waals surface area contributed by atoms with Gasteiger partial charge in [-0.15, -0.1) is 0 Å². The lowest BCUT2D eigenvalue weighted by Gasteiger charge is -2.09. The number of nitrogens with zero attached hydrogens (tertiary/aromatic N) is 1. The predicted molar refractivity (Wildman–Crippen MR) is 59.8 cm³/mol. The molecule has 3 heteroatoms. The molecule has 0 atom stereocenters. The zero-order valence-corrected chi connectivity index (χ0v) is 8.78. The molecule has 1 N–H and O–H groups in total. The van der Waals surface area contributed by atoms with Crippen LogP contribution >= 0.6 is 0 Å². The standard InChI is InChI=1S/C12H16N2O/c1-2-7-15-12-5-6-13-8-10(12)9-14-11-3-4-11/h2,5-6,8,11,14H,1,3-4,7,9H2.